The zero-order valence-electron chi connectivity index (χ0n) is 7.15. The van der Waals surface area contributed by atoms with Gasteiger partial charge in [0.15, 0.2) is 0 Å². The van der Waals surface area contributed by atoms with Crippen LogP contribution in [0.5, 0.6) is 0 Å². The Hall–Kier alpha value is -0.760. The lowest BCUT2D eigenvalue weighted by molar-refractivity contribution is 0.697. The summed E-state index contributed by atoms with van der Waals surface area (Å²) in [4.78, 5) is 0. The third kappa shape index (κ3) is 3.30. The Kier molecular flexibility index (Phi) is 4.67. The van der Waals surface area contributed by atoms with Gasteiger partial charge in [0.25, 0.3) is 0 Å². The molecule has 0 aliphatic rings. The van der Waals surface area contributed by atoms with Crippen molar-refractivity contribution in [1.82, 2.24) is 10.9 Å². The van der Waals surface area contributed by atoms with Crippen molar-refractivity contribution < 1.29 is 0 Å². The highest BCUT2D eigenvalue weighted by Crippen LogP contribution is 1.98. The Balaban J connectivity index is 4.13. The van der Waals surface area contributed by atoms with Crippen molar-refractivity contribution in [2.45, 2.75) is 20.8 Å². The van der Waals surface area contributed by atoms with E-state index in [2.05, 4.69) is 24.7 Å². The molecule has 2 nitrogen and oxygen atoms in total. The second-order valence-electron chi connectivity index (χ2n) is 2.29. The van der Waals surface area contributed by atoms with Gasteiger partial charge in [-0.15, -0.1) is 0 Å². The summed E-state index contributed by atoms with van der Waals surface area (Å²) in [5.41, 5.74) is 8.30. The zero-order chi connectivity index (χ0) is 7.98. The molecule has 10 heavy (non-hydrogen) atoms. The first-order valence-electron chi connectivity index (χ1n) is 3.45. The van der Waals surface area contributed by atoms with Crippen molar-refractivity contribution in [3.63, 3.8) is 0 Å². The van der Waals surface area contributed by atoms with Crippen molar-refractivity contribution in [2.75, 3.05) is 7.05 Å². The second-order valence-corrected chi connectivity index (χ2v) is 2.29. The monoisotopic (exact) mass is 140 g/mol. The molecule has 0 rings (SSSR count). The number of hydrazine groups is 1. The molecule has 58 valence electrons. The molecule has 2 N–H and O–H groups in total. The Labute approximate surface area is 63.0 Å². The van der Waals surface area contributed by atoms with Crippen molar-refractivity contribution in [2.24, 2.45) is 0 Å². The van der Waals surface area contributed by atoms with Gasteiger partial charge in [0.05, 0.1) is 0 Å². The lowest BCUT2D eigenvalue weighted by atomic mass is 10.2. The Morgan fingerprint density at radius 2 is 1.90 bits per heavy atom. The standard InChI is InChI=1S/C8H16N2/c1-5-6-8(7(2)3)10-9-4/h5-6,9-10H,1-4H3/b6-5-. The molecule has 0 unspecified atom stereocenters. The van der Waals surface area contributed by atoms with Crippen LogP contribution < -0.4 is 10.9 Å². The molecule has 0 heterocycles. The maximum atomic E-state index is 3.03. The number of hydrogen-bond acceptors (Lipinski definition) is 2. The van der Waals surface area contributed by atoms with Crippen LogP contribution in [0.3, 0.4) is 0 Å². The maximum Gasteiger partial charge on any atom is 0.0470 e. The molecule has 0 bridgehead atoms. The van der Waals surface area contributed by atoms with Crippen LogP contribution in [-0.2, 0) is 0 Å². The molecule has 0 aliphatic carbocycles. The quantitative estimate of drug-likeness (QED) is 0.459. The normalized spacial score (nSPS) is 10.0. The number of allylic oxidation sites excluding steroid dienone is 3. The number of hydrogen-bond donors (Lipinski definition) is 2. The molecule has 0 spiro atoms. The summed E-state index contributed by atoms with van der Waals surface area (Å²) in [5.74, 6) is 0. The third-order valence-corrected chi connectivity index (χ3v) is 1.13. The van der Waals surface area contributed by atoms with Gasteiger partial charge in [0.2, 0.25) is 0 Å². The largest absolute Gasteiger partial charge is 0.322 e. The molecule has 0 aromatic rings. The summed E-state index contributed by atoms with van der Waals surface area (Å²) in [6.45, 7) is 6.14. The minimum atomic E-state index is 1.13. The molecule has 0 saturated heterocycles. The van der Waals surface area contributed by atoms with E-state index in [0.29, 0.717) is 0 Å². The summed E-state index contributed by atoms with van der Waals surface area (Å²) in [7, 11) is 1.85. The predicted molar refractivity (Wildman–Crippen MR) is 45.4 cm³/mol. The topological polar surface area (TPSA) is 24.1 Å². The SMILES string of the molecule is C/C=C\C(NNC)=C(C)C. The van der Waals surface area contributed by atoms with Gasteiger partial charge >= 0.3 is 0 Å². The maximum absolute atomic E-state index is 3.03. The summed E-state index contributed by atoms with van der Waals surface area (Å²) in [6, 6.07) is 0. The molecule has 2 heteroatoms. The van der Waals surface area contributed by atoms with E-state index in [1.54, 1.807) is 0 Å². The van der Waals surface area contributed by atoms with Crippen molar-refractivity contribution in [1.29, 1.82) is 0 Å². The minimum absolute atomic E-state index is 1.13. The lowest BCUT2D eigenvalue weighted by Crippen LogP contribution is -2.26. The third-order valence-electron chi connectivity index (χ3n) is 1.13. The van der Waals surface area contributed by atoms with E-state index in [0.717, 1.165) is 5.70 Å². The molecule has 0 fully saturated rings. The first-order chi connectivity index (χ1) is 4.72. The Morgan fingerprint density at radius 1 is 1.30 bits per heavy atom. The Morgan fingerprint density at radius 3 is 2.20 bits per heavy atom. The number of nitrogens with one attached hydrogen (secondary N) is 2. The number of rotatable bonds is 3. The minimum Gasteiger partial charge on any atom is -0.322 e. The van der Waals surface area contributed by atoms with Gasteiger partial charge in [-0.1, -0.05) is 11.6 Å². The summed E-state index contributed by atoms with van der Waals surface area (Å²) < 4.78 is 0. The van der Waals surface area contributed by atoms with E-state index in [9.17, 15) is 0 Å². The predicted octanol–water partition coefficient (Wildman–Crippen LogP) is 1.58. The molecule has 0 radical (unpaired) electrons. The van der Waals surface area contributed by atoms with Crippen LogP contribution in [0.25, 0.3) is 0 Å². The molecular weight excluding hydrogens is 124 g/mol. The van der Waals surface area contributed by atoms with E-state index < -0.39 is 0 Å². The van der Waals surface area contributed by atoms with Crippen molar-refractivity contribution >= 4 is 0 Å². The van der Waals surface area contributed by atoms with Gasteiger partial charge in [0, 0.05) is 12.7 Å². The summed E-state index contributed by atoms with van der Waals surface area (Å²) in [6.07, 6.45) is 4.04. The first-order valence-corrected chi connectivity index (χ1v) is 3.45. The van der Waals surface area contributed by atoms with Crippen molar-refractivity contribution in [3.8, 4) is 0 Å². The van der Waals surface area contributed by atoms with Gasteiger partial charge < -0.3 is 5.43 Å². The highest BCUT2D eigenvalue weighted by Gasteiger charge is 1.88. The molecule has 0 aromatic carbocycles. The van der Waals surface area contributed by atoms with E-state index in [-0.39, 0.29) is 0 Å². The van der Waals surface area contributed by atoms with E-state index in [1.165, 1.54) is 5.57 Å². The van der Waals surface area contributed by atoms with Crippen molar-refractivity contribution in [3.05, 3.63) is 23.4 Å². The fourth-order valence-electron chi connectivity index (χ4n) is 0.635. The highest BCUT2D eigenvalue weighted by molar-refractivity contribution is 5.20. The summed E-state index contributed by atoms with van der Waals surface area (Å²) in [5, 5.41) is 0. The second kappa shape index (κ2) is 5.06. The Bertz CT molecular complexity index is 141. The molecule has 0 atom stereocenters. The molecule has 0 aromatic heterocycles. The van der Waals surface area contributed by atoms with Gasteiger partial charge in [0.1, 0.15) is 0 Å². The zero-order valence-corrected chi connectivity index (χ0v) is 7.15. The van der Waals surface area contributed by atoms with Crippen LogP contribution in [-0.4, -0.2) is 7.05 Å². The first kappa shape index (κ1) is 9.24. The van der Waals surface area contributed by atoms with Crippen LogP contribution in [0.15, 0.2) is 23.4 Å². The molecule has 0 amide bonds. The molecular formula is C8H16N2. The molecule has 0 aliphatic heterocycles. The summed E-state index contributed by atoms with van der Waals surface area (Å²) >= 11 is 0. The van der Waals surface area contributed by atoms with Crippen LogP contribution in [0.4, 0.5) is 0 Å². The van der Waals surface area contributed by atoms with Gasteiger partial charge in [-0.3, -0.25) is 0 Å². The smallest absolute Gasteiger partial charge is 0.0470 e. The average Bonchev–Trinajstić information content (AvgIpc) is 1.87. The van der Waals surface area contributed by atoms with E-state index in [1.807, 2.05) is 26.1 Å². The molecule has 0 saturated carbocycles. The fraction of sp³-hybridized carbons (Fsp3) is 0.500. The van der Waals surface area contributed by atoms with E-state index in [4.69, 9.17) is 0 Å². The lowest BCUT2D eigenvalue weighted by Gasteiger charge is -2.06. The fourth-order valence-corrected chi connectivity index (χ4v) is 0.635. The van der Waals surface area contributed by atoms with Gasteiger partial charge in [-0.2, -0.15) is 0 Å². The van der Waals surface area contributed by atoms with E-state index >= 15 is 0 Å². The average molecular weight is 140 g/mol. The van der Waals surface area contributed by atoms with Crippen LogP contribution in [0.2, 0.25) is 0 Å². The van der Waals surface area contributed by atoms with Crippen LogP contribution in [0.1, 0.15) is 20.8 Å². The van der Waals surface area contributed by atoms with Gasteiger partial charge in [-0.05, 0) is 26.8 Å². The van der Waals surface area contributed by atoms with Crippen LogP contribution in [0, 0.1) is 0 Å². The highest BCUT2D eigenvalue weighted by atomic mass is 15.3. The van der Waals surface area contributed by atoms with Gasteiger partial charge in [-0.25, -0.2) is 5.43 Å². The van der Waals surface area contributed by atoms with Crippen LogP contribution >= 0.6 is 0 Å².